The van der Waals surface area contributed by atoms with Crippen LogP contribution in [0.4, 0.5) is 0 Å². The Balaban J connectivity index is -0.00000000500. The van der Waals surface area contributed by atoms with Crippen LogP contribution in [-0.4, -0.2) is 0 Å². The van der Waals surface area contributed by atoms with E-state index in [1.807, 2.05) is 0 Å². The van der Waals surface area contributed by atoms with Gasteiger partial charge in [0.2, 0.25) is 0 Å². The Morgan fingerprint density at radius 2 is 1.25 bits per heavy atom. The van der Waals surface area contributed by atoms with E-state index in [9.17, 15) is 0 Å². The van der Waals surface area contributed by atoms with E-state index in [1.165, 1.54) is 0 Å². The van der Waals surface area contributed by atoms with Crippen molar-refractivity contribution in [1.82, 2.24) is 0 Å². The Morgan fingerprint density at radius 1 is 1.25 bits per heavy atom. The van der Waals surface area contributed by atoms with Crippen molar-refractivity contribution in [1.29, 1.82) is 0 Å². The van der Waals surface area contributed by atoms with Gasteiger partial charge >= 0.3 is 21.1 Å². The number of hydrogen-bond acceptors (Lipinski definition) is 1. The first kappa shape index (κ1) is 22.8. The second kappa shape index (κ2) is 60.9. The van der Waals surface area contributed by atoms with Gasteiger partial charge in [0.05, 0.1) is 0 Å². The summed E-state index contributed by atoms with van der Waals surface area (Å²) in [7, 11) is 2.75. The van der Waals surface area contributed by atoms with Gasteiger partial charge in [-0.1, -0.05) is 0 Å². The molecule has 0 bridgehead atoms. The van der Waals surface area contributed by atoms with E-state index in [1.54, 1.807) is 0 Å². The molecule has 0 aliphatic carbocycles. The predicted octanol–water partition coefficient (Wildman–Crippen LogP) is 0.184. The van der Waals surface area contributed by atoms with Crippen LogP contribution in [0.25, 0.3) is 0 Å². The molecule has 0 saturated carbocycles. The minimum Gasteiger partial charge on any atom is -0.486 e. The van der Waals surface area contributed by atoms with Gasteiger partial charge in [0.1, 0.15) is 0 Å². The van der Waals surface area contributed by atoms with Crippen LogP contribution in [0.1, 0.15) is 0 Å². The first-order chi connectivity index (χ1) is 1.00. The molecule has 0 atom stereocenters. The summed E-state index contributed by atoms with van der Waals surface area (Å²) in [5, 5.41) is 0. The molecule has 0 aromatic carbocycles. The third kappa shape index (κ3) is 17.1. The predicted molar refractivity (Wildman–Crippen MR) is 16.0 cm³/mol. The molecule has 4 heavy (non-hydrogen) atoms. The summed E-state index contributed by atoms with van der Waals surface area (Å²) in [6.45, 7) is 0. The molecule has 26 valence electrons. The summed E-state index contributed by atoms with van der Waals surface area (Å²) in [5.74, 6) is 0. The van der Waals surface area contributed by atoms with Gasteiger partial charge in [0, 0.05) is 0 Å². The van der Waals surface area contributed by atoms with Crippen LogP contribution in [0.2, 0.25) is 0 Å². The third-order valence-electron chi connectivity index (χ3n) is 0. The van der Waals surface area contributed by atoms with E-state index in [4.69, 9.17) is 0 Å². The van der Waals surface area contributed by atoms with Crippen molar-refractivity contribution in [2.45, 2.75) is 0 Å². The molecule has 0 aliphatic heterocycles. The van der Waals surface area contributed by atoms with E-state index in [2.05, 4.69) is 12.8 Å². The Labute approximate surface area is 41.8 Å². The van der Waals surface area contributed by atoms with Crippen LogP contribution in [-0.2, 0) is 21.1 Å². The summed E-state index contributed by atoms with van der Waals surface area (Å²) in [6, 6.07) is 0. The van der Waals surface area contributed by atoms with Crippen molar-refractivity contribution in [3.8, 4) is 0 Å². The SMILES string of the molecule is [CH2-]N.[CH3-].[W+2]. The van der Waals surface area contributed by atoms with Crippen LogP contribution in [0.3, 0.4) is 0 Å². The van der Waals surface area contributed by atoms with Crippen molar-refractivity contribution < 1.29 is 21.1 Å². The van der Waals surface area contributed by atoms with Crippen molar-refractivity contribution >= 4 is 0 Å². The Hall–Kier alpha value is 0.648. The first-order valence-electron chi connectivity index (χ1n) is 0.408. The molecule has 0 rings (SSSR count). The molecule has 0 aliphatic rings. The fourth-order valence-electron chi connectivity index (χ4n) is 0. The van der Waals surface area contributed by atoms with Crippen LogP contribution in [0.15, 0.2) is 0 Å². The molecule has 0 aromatic heterocycles. The second-order valence-corrected chi connectivity index (χ2v) is 0. The summed E-state index contributed by atoms with van der Waals surface area (Å²) in [5.41, 5.74) is 4.25. The zero-order chi connectivity index (χ0) is 2.00. The Kier molecular flexibility index (Phi) is 347. The zero-order valence-electron chi connectivity index (χ0n) is 2.69. The Morgan fingerprint density at radius 3 is 1.25 bits per heavy atom. The first-order valence-corrected chi connectivity index (χ1v) is 0.408. The molecule has 0 aromatic rings. The van der Waals surface area contributed by atoms with Crippen LogP contribution >= 0.6 is 0 Å². The van der Waals surface area contributed by atoms with Gasteiger partial charge in [-0.15, -0.1) is 0 Å². The quantitative estimate of drug-likeness (QED) is 0.589. The smallest absolute Gasteiger partial charge is 0.486 e. The standard InChI is InChI=1S/CH4N.CH3.W/c1-2;;/h1-2H2;1H3;/q2*-1;+2. The van der Waals surface area contributed by atoms with E-state index in [0.717, 1.165) is 0 Å². The molecule has 0 unspecified atom stereocenters. The van der Waals surface area contributed by atoms with Crippen molar-refractivity contribution in [3.05, 3.63) is 14.5 Å². The van der Waals surface area contributed by atoms with Gasteiger partial charge in [-0.3, -0.25) is 7.05 Å². The van der Waals surface area contributed by atoms with Crippen LogP contribution in [0.5, 0.6) is 0 Å². The van der Waals surface area contributed by atoms with Crippen LogP contribution < -0.4 is 5.73 Å². The fraction of sp³-hybridized carbons (Fsp3) is 0. The van der Waals surface area contributed by atoms with Gasteiger partial charge in [-0.05, 0) is 0 Å². The molecule has 0 spiro atoms. The molecule has 1 nitrogen and oxygen atoms in total. The molecule has 0 saturated heterocycles. The van der Waals surface area contributed by atoms with Gasteiger partial charge in [-0.2, -0.15) is 0 Å². The second-order valence-electron chi connectivity index (χ2n) is 0. The molecule has 0 fully saturated rings. The minimum atomic E-state index is 0. The molecular formula is C2H7NW. The van der Waals surface area contributed by atoms with Gasteiger partial charge < -0.3 is 13.2 Å². The largest absolute Gasteiger partial charge is 2.00 e. The normalized spacial score (nSPS) is 1.50. The molecule has 2 heteroatoms. The summed E-state index contributed by atoms with van der Waals surface area (Å²) >= 11 is 0. The maximum Gasteiger partial charge on any atom is 2.00 e. The maximum atomic E-state index is 4.25. The zero-order valence-corrected chi connectivity index (χ0v) is 5.63. The minimum absolute atomic E-state index is 0. The van der Waals surface area contributed by atoms with E-state index in [0.29, 0.717) is 0 Å². The number of rotatable bonds is 0. The van der Waals surface area contributed by atoms with E-state index >= 15 is 0 Å². The van der Waals surface area contributed by atoms with Gasteiger partial charge in [0.25, 0.3) is 0 Å². The molecule has 0 radical (unpaired) electrons. The Bertz CT molecular complexity index is 6.00. The van der Waals surface area contributed by atoms with Crippen molar-refractivity contribution in [2.75, 3.05) is 0 Å². The number of nitrogens with two attached hydrogens (primary N) is 1. The van der Waals surface area contributed by atoms with Gasteiger partial charge in [-0.25, -0.2) is 0 Å². The third-order valence-corrected chi connectivity index (χ3v) is 0. The monoisotopic (exact) mass is 229 g/mol. The average molecular weight is 229 g/mol. The van der Waals surface area contributed by atoms with E-state index in [-0.39, 0.29) is 28.5 Å². The summed E-state index contributed by atoms with van der Waals surface area (Å²) in [4.78, 5) is 0. The molecule has 0 heterocycles. The maximum absolute atomic E-state index is 4.25. The summed E-state index contributed by atoms with van der Waals surface area (Å²) in [6.07, 6.45) is 0. The molecule has 2 N–H and O–H groups in total. The summed E-state index contributed by atoms with van der Waals surface area (Å²) < 4.78 is 0. The van der Waals surface area contributed by atoms with Crippen LogP contribution in [0, 0.1) is 14.5 Å². The van der Waals surface area contributed by atoms with Gasteiger partial charge in [0.15, 0.2) is 0 Å². The molecular weight excluding hydrogens is 222 g/mol. The molecule has 0 amide bonds. The fourth-order valence-corrected chi connectivity index (χ4v) is 0. The number of hydrogen-bond donors (Lipinski definition) is 1. The van der Waals surface area contributed by atoms with Crippen molar-refractivity contribution in [2.24, 2.45) is 5.73 Å². The van der Waals surface area contributed by atoms with Crippen molar-refractivity contribution in [3.63, 3.8) is 0 Å². The topological polar surface area (TPSA) is 26.0 Å². The van der Waals surface area contributed by atoms with E-state index < -0.39 is 0 Å². The average Bonchev–Trinajstić information content (AvgIpc) is 1.00.